The van der Waals surface area contributed by atoms with Gasteiger partial charge in [0, 0.05) is 17.3 Å². The minimum Gasteiger partial charge on any atom is -0.279 e. The highest BCUT2D eigenvalue weighted by Crippen LogP contribution is 2.22. The van der Waals surface area contributed by atoms with Crippen LogP contribution < -0.4 is 10.4 Å². The lowest BCUT2D eigenvalue weighted by atomic mass is 10.0. The number of nitrogens with one attached hydrogen (secondary N) is 1. The summed E-state index contributed by atoms with van der Waals surface area (Å²) in [6.07, 6.45) is 2.85. The fourth-order valence-electron chi connectivity index (χ4n) is 3.00. The maximum atomic E-state index is 12.4. The molecular formula is C23H19BrN4O. The molecule has 0 aromatic heterocycles. The predicted molar refractivity (Wildman–Crippen MR) is 121 cm³/mol. The lowest BCUT2D eigenvalue weighted by Crippen LogP contribution is -2.31. The van der Waals surface area contributed by atoms with Gasteiger partial charge in [-0.15, -0.1) is 0 Å². The number of hydrazone groups is 2. The molecule has 1 amide bonds. The molecule has 29 heavy (non-hydrogen) atoms. The zero-order valence-corrected chi connectivity index (χ0v) is 17.2. The Morgan fingerprint density at radius 1 is 0.931 bits per heavy atom. The highest BCUT2D eigenvalue weighted by molar-refractivity contribution is 9.10. The number of nitrogens with zero attached hydrogens (tertiary/aromatic N) is 3. The molecule has 1 N–H and O–H groups in total. The van der Waals surface area contributed by atoms with E-state index in [1.54, 1.807) is 6.21 Å². The summed E-state index contributed by atoms with van der Waals surface area (Å²) in [4.78, 5) is 12.4. The molecule has 0 saturated carbocycles. The van der Waals surface area contributed by atoms with E-state index in [2.05, 4.69) is 31.6 Å². The van der Waals surface area contributed by atoms with Crippen molar-refractivity contribution in [2.75, 3.05) is 10.4 Å². The molecule has 0 atom stereocenters. The van der Waals surface area contributed by atoms with Crippen LogP contribution in [0.5, 0.6) is 0 Å². The highest BCUT2D eigenvalue weighted by Gasteiger charge is 2.22. The molecule has 0 spiro atoms. The van der Waals surface area contributed by atoms with Crippen molar-refractivity contribution in [3.05, 3.63) is 94.5 Å². The van der Waals surface area contributed by atoms with Gasteiger partial charge in [-0.2, -0.15) is 10.2 Å². The summed E-state index contributed by atoms with van der Waals surface area (Å²) in [6, 6.07) is 25.4. The summed E-state index contributed by atoms with van der Waals surface area (Å²) in [5.41, 5.74) is 7.55. The van der Waals surface area contributed by atoms with Crippen molar-refractivity contribution in [1.29, 1.82) is 0 Å². The van der Waals surface area contributed by atoms with Gasteiger partial charge in [-0.3, -0.25) is 10.2 Å². The van der Waals surface area contributed by atoms with E-state index in [1.807, 2.05) is 78.9 Å². The van der Waals surface area contributed by atoms with Gasteiger partial charge in [0.25, 0.3) is 0 Å². The number of anilines is 2. The van der Waals surface area contributed by atoms with Crippen molar-refractivity contribution in [2.24, 2.45) is 10.2 Å². The lowest BCUT2D eigenvalue weighted by molar-refractivity contribution is -0.118. The molecule has 3 aromatic rings. The van der Waals surface area contributed by atoms with E-state index in [0.717, 1.165) is 32.7 Å². The maximum Gasteiger partial charge on any atom is 0.247 e. The maximum absolute atomic E-state index is 12.4. The Balaban J connectivity index is 1.47. The molecule has 0 aliphatic carbocycles. The average Bonchev–Trinajstić information content (AvgIpc) is 2.77. The van der Waals surface area contributed by atoms with Crippen molar-refractivity contribution in [3.8, 4) is 0 Å². The van der Waals surface area contributed by atoms with Crippen LogP contribution >= 0.6 is 15.9 Å². The molecule has 0 bridgehead atoms. The van der Waals surface area contributed by atoms with Crippen LogP contribution in [0.2, 0.25) is 0 Å². The fourth-order valence-corrected chi connectivity index (χ4v) is 3.26. The van der Waals surface area contributed by atoms with Gasteiger partial charge >= 0.3 is 0 Å². The number of amides is 1. The first-order valence-electron chi connectivity index (χ1n) is 9.29. The molecule has 4 rings (SSSR count). The second-order valence-corrected chi connectivity index (χ2v) is 7.50. The minimum absolute atomic E-state index is 0.00278. The van der Waals surface area contributed by atoms with Crippen molar-refractivity contribution >= 4 is 45.1 Å². The largest absolute Gasteiger partial charge is 0.279 e. The summed E-state index contributed by atoms with van der Waals surface area (Å²) < 4.78 is 1.02. The SMILES string of the molecule is O=C1CCC(c2ccccc2)=NN1c1ccc(C=NNc2ccc(Br)cc2)cc1. The Kier molecular flexibility index (Phi) is 5.81. The molecule has 5 nitrogen and oxygen atoms in total. The topological polar surface area (TPSA) is 57.1 Å². The monoisotopic (exact) mass is 446 g/mol. The van der Waals surface area contributed by atoms with Gasteiger partial charge in [-0.05, 0) is 47.5 Å². The molecule has 1 aliphatic rings. The summed E-state index contributed by atoms with van der Waals surface area (Å²) in [5.74, 6) is 0.00278. The molecule has 1 heterocycles. The van der Waals surface area contributed by atoms with Crippen LogP contribution in [0.4, 0.5) is 11.4 Å². The van der Waals surface area contributed by atoms with E-state index < -0.39 is 0 Å². The highest BCUT2D eigenvalue weighted by atomic mass is 79.9. The van der Waals surface area contributed by atoms with E-state index in [9.17, 15) is 4.79 Å². The zero-order valence-electron chi connectivity index (χ0n) is 15.6. The van der Waals surface area contributed by atoms with Crippen LogP contribution in [-0.2, 0) is 4.79 Å². The third-order valence-corrected chi connectivity index (χ3v) is 5.06. The van der Waals surface area contributed by atoms with E-state index in [1.165, 1.54) is 5.01 Å². The van der Waals surface area contributed by atoms with Crippen LogP contribution in [0.1, 0.15) is 24.0 Å². The third kappa shape index (κ3) is 4.78. The number of hydrogen-bond donors (Lipinski definition) is 1. The second-order valence-electron chi connectivity index (χ2n) is 6.59. The van der Waals surface area contributed by atoms with Gasteiger partial charge in [0.15, 0.2) is 0 Å². The van der Waals surface area contributed by atoms with E-state index in [4.69, 9.17) is 0 Å². The number of benzene rings is 3. The molecule has 0 unspecified atom stereocenters. The number of halogens is 1. The summed E-state index contributed by atoms with van der Waals surface area (Å²) >= 11 is 3.41. The Bertz CT molecular complexity index is 1040. The molecular weight excluding hydrogens is 428 g/mol. The van der Waals surface area contributed by atoms with Crippen molar-refractivity contribution < 1.29 is 4.79 Å². The first kappa shape index (κ1) is 19.1. The van der Waals surface area contributed by atoms with Gasteiger partial charge in [-0.1, -0.05) is 58.4 Å². The molecule has 3 aromatic carbocycles. The number of carbonyl (C=O) groups excluding carboxylic acids is 1. The quantitative estimate of drug-likeness (QED) is 0.419. The number of rotatable bonds is 5. The van der Waals surface area contributed by atoms with Gasteiger partial charge < -0.3 is 0 Å². The number of carbonyl (C=O) groups is 1. The summed E-state index contributed by atoms with van der Waals surface area (Å²) in [6.45, 7) is 0. The molecule has 0 saturated heterocycles. The van der Waals surface area contributed by atoms with E-state index in [0.29, 0.717) is 12.8 Å². The fraction of sp³-hybridized carbons (Fsp3) is 0.0870. The Morgan fingerprint density at radius 2 is 1.66 bits per heavy atom. The van der Waals surface area contributed by atoms with Crippen LogP contribution in [0, 0.1) is 0 Å². The van der Waals surface area contributed by atoms with Gasteiger partial charge in [0.05, 0.1) is 23.3 Å². The van der Waals surface area contributed by atoms with Crippen LogP contribution in [-0.4, -0.2) is 17.8 Å². The van der Waals surface area contributed by atoms with Gasteiger partial charge in [-0.25, -0.2) is 5.01 Å². The van der Waals surface area contributed by atoms with Gasteiger partial charge in [0.1, 0.15) is 0 Å². The van der Waals surface area contributed by atoms with Crippen LogP contribution in [0.25, 0.3) is 0 Å². The standard InChI is InChI=1S/C23H19BrN4O/c24-19-8-10-20(11-9-19)26-25-16-17-6-12-21(13-7-17)28-23(29)15-14-22(27-28)18-4-2-1-3-5-18/h1-13,16,26H,14-15H2. The Hall–Kier alpha value is -3.25. The summed E-state index contributed by atoms with van der Waals surface area (Å²) in [7, 11) is 0. The average molecular weight is 447 g/mol. The minimum atomic E-state index is 0.00278. The zero-order chi connectivity index (χ0) is 20.1. The Morgan fingerprint density at radius 3 is 2.38 bits per heavy atom. The van der Waals surface area contributed by atoms with E-state index in [-0.39, 0.29) is 5.91 Å². The third-order valence-electron chi connectivity index (χ3n) is 4.53. The predicted octanol–water partition coefficient (Wildman–Crippen LogP) is 5.43. The molecule has 1 aliphatic heterocycles. The van der Waals surface area contributed by atoms with Crippen LogP contribution in [0.3, 0.4) is 0 Å². The van der Waals surface area contributed by atoms with Crippen LogP contribution in [0.15, 0.2) is 93.5 Å². The molecule has 6 heteroatoms. The normalized spacial score (nSPS) is 14.2. The van der Waals surface area contributed by atoms with Crippen molar-refractivity contribution in [2.45, 2.75) is 12.8 Å². The summed E-state index contributed by atoms with van der Waals surface area (Å²) in [5, 5.41) is 10.3. The van der Waals surface area contributed by atoms with E-state index >= 15 is 0 Å². The first-order valence-corrected chi connectivity index (χ1v) is 10.1. The molecule has 144 valence electrons. The van der Waals surface area contributed by atoms with Crippen molar-refractivity contribution in [3.63, 3.8) is 0 Å². The second kappa shape index (κ2) is 8.84. The number of hydrogen-bond acceptors (Lipinski definition) is 4. The Labute approximate surface area is 177 Å². The first-order chi connectivity index (χ1) is 14.2. The van der Waals surface area contributed by atoms with Crippen molar-refractivity contribution in [1.82, 2.24) is 0 Å². The molecule has 0 fully saturated rings. The lowest BCUT2D eigenvalue weighted by Gasteiger charge is -2.23. The smallest absolute Gasteiger partial charge is 0.247 e. The molecule has 0 radical (unpaired) electrons. The van der Waals surface area contributed by atoms with Gasteiger partial charge in [0.2, 0.25) is 5.91 Å².